The number of benzene rings is 3. The third kappa shape index (κ3) is 7.38. The van der Waals surface area contributed by atoms with Gasteiger partial charge in [-0.25, -0.2) is 0 Å². The molecule has 4 heteroatoms. The lowest BCUT2D eigenvalue weighted by atomic mass is 10.0. The van der Waals surface area contributed by atoms with Gasteiger partial charge in [0.25, 0.3) is 11.8 Å². The van der Waals surface area contributed by atoms with E-state index in [0.717, 1.165) is 25.7 Å². The minimum Gasteiger partial charge on any atom is -0.350 e. The minimum atomic E-state index is -0.117. The number of rotatable bonds is 10. The maximum absolute atomic E-state index is 12.5. The third-order valence-electron chi connectivity index (χ3n) is 5.58. The van der Waals surface area contributed by atoms with E-state index in [1.807, 2.05) is 50.2 Å². The van der Waals surface area contributed by atoms with Crippen LogP contribution in [0.4, 0.5) is 0 Å². The van der Waals surface area contributed by atoms with Crippen LogP contribution < -0.4 is 10.6 Å². The molecule has 0 saturated heterocycles. The van der Waals surface area contributed by atoms with E-state index in [9.17, 15) is 9.59 Å². The molecular formula is C28H32N2O2. The predicted molar refractivity (Wildman–Crippen MR) is 130 cm³/mol. The van der Waals surface area contributed by atoms with Crippen molar-refractivity contribution in [2.75, 3.05) is 0 Å². The van der Waals surface area contributed by atoms with Gasteiger partial charge >= 0.3 is 0 Å². The number of carbonyl (C=O) groups excluding carboxylic acids is 2. The van der Waals surface area contributed by atoms with E-state index in [1.165, 1.54) is 11.1 Å². The molecule has 0 fully saturated rings. The molecular weight excluding hydrogens is 396 g/mol. The number of amides is 2. The molecule has 0 spiro atoms. The van der Waals surface area contributed by atoms with Gasteiger partial charge in [0, 0.05) is 23.2 Å². The largest absolute Gasteiger partial charge is 0.350 e. The highest BCUT2D eigenvalue weighted by atomic mass is 16.2. The van der Waals surface area contributed by atoms with Gasteiger partial charge in [-0.05, 0) is 74.9 Å². The van der Waals surface area contributed by atoms with Crippen molar-refractivity contribution in [3.05, 3.63) is 107 Å². The summed E-state index contributed by atoms with van der Waals surface area (Å²) in [7, 11) is 0. The Kier molecular flexibility index (Phi) is 8.61. The second-order valence-electron chi connectivity index (χ2n) is 8.37. The van der Waals surface area contributed by atoms with Crippen molar-refractivity contribution in [1.82, 2.24) is 10.6 Å². The fraction of sp³-hybridized carbons (Fsp3) is 0.286. The summed E-state index contributed by atoms with van der Waals surface area (Å²) >= 11 is 0. The Morgan fingerprint density at radius 3 is 1.28 bits per heavy atom. The quantitative estimate of drug-likeness (QED) is 0.467. The molecule has 32 heavy (non-hydrogen) atoms. The molecule has 0 aromatic heterocycles. The van der Waals surface area contributed by atoms with Crippen LogP contribution in [0.2, 0.25) is 0 Å². The Morgan fingerprint density at radius 1 is 0.594 bits per heavy atom. The first-order valence-corrected chi connectivity index (χ1v) is 11.3. The molecule has 0 aliphatic heterocycles. The molecule has 3 rings (SSSR count). The third-order valence-corrected chi connectivity index (χ3v) is 5.58. The summed E-state index contributed by atoms with van der Waals surface area (Å²) in [6.45, 7) is 4.03. The molecule has 0 aliphatic carbocycles. The van der Waals surface area contributed by atoms with Gasteiger partial charge in [-0.3, -0.25) is 9.59 Å². The van der Waals surface area contributed by atoms with Crippen molar-refractivity contribution in [2.24, 2.45) is 0 Å². The molecule has 3 aromatic carbocycles. The smallest absolute Gasteiger partial charge is 0.251 e. The lowest BCUT2D eigenvalue weighted by Gasteiger charge is -2.15. The molecule has 2 atom stereocenters. The van der Waals surface area contributed by atoms with E-state index in [-0.39, 0.29) is 23.9 Å². The van der Waals surface area contributed by atoms with E-state index < -0.39 is 0 Å². The van der Waals surface area contributed by atoms with Crippen LogP contribution in [-0.4, -0.2) is 23.9 Å². The van der Waals surface area contributed by atoms with Gasteiger partial charge in [-0.15, -0.1) is 0 Å². The van der Waals surface area contributed by atoms with Crippen LogP contribution in [0.3, 0.4) is 0 Å². The molecule has 2 amide bonds. The summed E-state index contributed by atoms with van der Waals surface area (Å²) in [5.41, 5.74) is 3.65. The second-order valence-corrected chi connectivity index (χ2v) is 8.37. The summed E-state index contributed by atoms with van der Waals surface area (Å²) in [5.74, 6) is -0.234. The zero-order valence-corrected chi connectivity index (χ0v) is 18.9. The average molecular weight is 429 g/mol. The Labute approximate surface area is 191 Å². The van der Waals surface area contributed by atoms with Gasteiger partial charge in [0.2, 0.25) is 0 Å². The first kappa shape index (κ1) is 23.3. The molecule has 0 radical (unpaired) electrons. The summed E-state index contributed by atoms with van der Waals surface area (Å²) in [4.78, 5) is 25.1. The van der Waals surface area contributed by atoms with Crippen molar-refractivity contribution in [2.45, 2.75) is 51.6 Å². The Bertz CT molecular complexity index is 902. The zero-order chi connectivity index (χ0) is 22.8. The van der Waals surface area contributed by atoms with Crippen molar-refractivity contribution in [3.63, 3.8) is 0 Å². The first-order chi connectivity index (χ1) is 15.5. The maximum atomic E-state index is 12.5. The van der Waals surface area contributed by atoms with Gasteiger partial charge < -0.3 is 10.6 Å². The summed E-state index contributed by atoms with van der Waals surface area (Å²) in [6, 6.07) is 27.5. The lowest BCUT2D eigenvalue weighted by molar-refractivity contribution is 0.0926. The molecule has 4 nitrogen and oxygen atoms in total. The summed E-state index contributed by atoms with van der Waals surface area (Å²) in [5, 5.41) is 6.08. The highest BCUT2D eigenvalue weighted by Crippen LogP contribution is 2.09. The van der Waals surface area contributed by atoms with Crippen LogP contribution >= 0.6 is 0 Å². The summed E-state index contributed by atoms with van der Waals surface area (Å²) < 4.78 is 0. The van der Waals surface area contributed by atoms with Crippen molar-refractivity contribution in [3.8, 4) is 0 Å². The normalized spacial score (nSPS) is 12.6. The van der Waals surface area contributed by atoms with E-state index in [4.69, 9.17) is 0 Å². The highest BCUT2D eigenvalue weighted by molar-refractivity contribution is 5.98. The van der Waals surface area contributed by atoms with Gasteiger partial charge in [-0.1, -0.05) is 60.7 Å². The number of carbonyl (C=O) groups is 2. The van der Waals surface area contributed by atoms with Gasteiger partial charge in [0.1, 0.15) is 0 Å². The lowest BCUT2D eigenvalue weighted by Crippen LogP contribution is -2.33. The number of hydrogen-bond acceptors (Lipinski definition) is 2. The Morgan fingerprint density at radius 2 is 0.938 bits per heavy atom. The molecule has 2 N–H and O–H groups in total. The SMILES string of the molecule is C[C@@H](CCc1ccccc1)NC(=O)c1ccc(C(=O)N[C@@H](C)CCc2ccccc2)cc1. The molecule has 0 unspecified atom stereocenters. The van der Waals surface area contributed by atoms with E-state index in [2.05, 4.69) is 34.9 Å². The predicted octanol–water partition coefficient (Wildman–Crippen LogP) is 5.19. The number of hydrogen-bond donors (Lipinski definition) is 2. The second kappa shape index (κ2) is 11.8. The minimum absolute atomic E-state index is 0.0659. The van der Waals surface area contributed by atoms with Crippen molar-refractivity contribution < 1.29 is 9.59 Å². The van der Waals surface area contributed by atoms with Crippen molar-refractivity contribution in [1.29, 1.82) is 0 Å². The van der Waals surface area contributed by atoms with E-state index in [1.54, 1.807) is 24.3 Å². The number of aryl methyl sites for hydroxylation is 2. The first-order valence-electron chi connectivity index (χ1n) is 11.3. The fourth-order valence-corrected chi connectivity index (χ4v) is 3.59. The van der Waals surface area contributed by atoms with Crippen LogP contribution in [0, 0.1) is 0 Å². The van der Waals surface area contributed by atoms with Gasteiger partial charge in [0.15, 0.2) is 0 Å². The Balaban J connectivity index is 1.44. The topological polar surface area (TPSA) is 58.2 Å². The highest BCUT2D eigenvalue weighted by Gasteiger charge is 2.13. The Hall–Kier alpha value is -3.40. The zero-order valence-electron chi connectivity index (χ0n) is 18.9. The molecule has 0 bridgehead atoms. The summed E-state index contributed by atoms with van der Waals surface area (Å²) in [6.07, 6.45) is 3.59. The fourth-order valence-electron chi connectivity index (χ4n) is 3.59. The van der Waals surface area contributed by atoms with Crippen LogP contribution in [0.1, 0.15) is 58.5 Å². The maximum Gasteiger partial charge on any atom is 0.251 e. The number of nitrogens with one attached hydrogen (secondary N) is 2. The van der Waals surface area contributed by atoms with Crippen LogP contribution in [-0.2, 0) is 12.8 Å². The standard InChI is InChI=1S/C28H32N2O2/c1-21(13-15-23-9-5-3-6-10-23)29-27(31)25-17-19-26(20-18-25)28(32)30-22(2)14-16-24-11-7-4-8-12-24/h3-12,17-22H,13-16H2,1-2H3,(H,29,31)(H,30,32)/t21-,22-/m0/s1. The van der Waals surface area contributed by atoms with Crippen LogP contribution in [0.5, 0.6) is 0 Å². The monoisotopic (exact) mass is 428 g/mol. The van der Waals surface area contributed by atoms with Crippen molar-refractivity contribution >= 4 is 11.8 Å². The van der Waals surface area contributed by atoms with Gasteiger partial charge in [0.05, 0.1) is 0 Å². The van der Waals surface area contributed by atoms with Gasteiger partial charge in [-0.2, -0.15) is 0 Å². The van der Waals surface area contributed by atoms with Crippen LogP contribution in [0.15, 0.2) is 84.9 Å². The molecule has 3 aromatic rings. The van der Waals surface area contributed by atoms with E-state index in [0.29, 0.717) is 11.1 Å². The molecule has 0 heterocycles. The average Bonchev–Trinajstić information content (AvgIpc) is 2.83. The van der Waals surface area contributed by atoms with E-state index >= 15 is 0 Å². The van der Waals surface area contributed by atoms with Crippen LogP contribution in [0.25, 0.3) is 0 Å². The molecule has 0 aliphatic rings. The molecule has 166 valence electrons. The molecule has 0 saturated carbocycles.